The number of benzene rings is 2. The average molecular weight is 406 g/mol. The van der Waals surface area contributed by atoms with Crippen LogP contribution in [-0.2, 0) is 19.4 Å². The molecule has 29 heavy (non-hydrogen) atoms. The van der Waals surface area contributed by atoms with Crippen LogP contribution in [0, 0.1) is 11.3 Å². The Kier molecular flexibility index (Phi) is 4.59. The molecule has 2 heterocycles. The molecular weight excluding hydrogens is 388 g/mol. The van der Waals surface area contributed by atoms with Gasteiger partial charge in [0.05, 0.1) is 17.5 Å². The van der Waals surface area contributed by atoms with Crippen molar-refractivity contribution in [2.45, 2.75) is 19.4 Å². The molecule has 4 rings (SSSR count). The van der Waals surface area contributed by atoms with E-state index in [0.29, 0.717) is 5.57 Å². The Labute approximate surface area is 168 Å². The van der Waals surface area contributed by atoms with Crippen molar-refractivity contribution in [2.24, 2.45) is 0 Å². The van der Waals surface area contributed by atoms with E-state index >= 15 is 0 Å². The Bertz CT molecular complexity index is 1260. The molecule has 0 radical (unpaired) electrons. The fourth-order valence-corrected chi connectivity index (χ4v) is 5.64. The minimum Gasteiger partial charge on any atom is -0.270 e. The van der Waals surface area contributed by atoms with E-state index in [4.69, 9.17) is 0 Å². The molecule has 2 amide bonds. The third kappa shape index (κ3) is 3.26. The fraction of sp³-hybridized carbons (Fsp3) is 0.227. The Balaban J connectivity index is 1.87. The second-order valence-corrected chi connectivity index (χ2v) is 9.50. The van der Waals surface area contributed by atoms with Crippen LogP contribution in [-0.4, -0.2) is 42.7 Å². The number of nitrogens with zero attached hydrogens (tertiary/aromatic N) is 2. The van der Waals surface area contributed by atoms with Gasteiger partial charge >= 0.3 is 0 Å². The highest BCUT2D eigenvalue weighted by Crippen LogP contribution is 2.32. The summed E-state index contributed by atoms with van der Waals surface area (Å²) in [6.45, 7) is 1.58. The van der Waals surface area contributed by atoms with E-state index in [9.17, 15) is 23.3 Å². The number of hydrogen-bond acceptors (Lipinski definition) is 5. The van der Waals surface area contributed by atoms with E-state index < -0.39 is 27.7 Å². The van der Waals surface area contributed by atoms with Gasteiger partial charge in [0, 0.05) is 5.57 Å². The molecule has 6 nitrogen and oxygen atoms in total. The number of carbonyl (C=O) groups excluding carboxylic acids is 2. The van der Waals surface area contributed by atoms with E-state index in [1.54, 1.807) is 13.0 Å². The van der Waals surface area contributed by atoms with Crippen molar-refractivity contribution in [3.05, 3.63) is 64.7 Å². The summed E-state index contributed by atoms with van der Waals surface area (Å²) in [6.07, 6.45) is 1.87. The Morgan fingerprint density at radius 1 is 1.10 bits per heavy atom. The lowest BCUT2D eigenvalue weighted by atomic mass is 9.91. The summed E-state index contributed by atoms with van der Waals surface area (Å²) in [5.41, 5.74) is 1.21. The Morgan fingerprint density at radius 2 is 1.83 bits per heavy atom. The van der Waals surface area contributed by atoms with Crippen LogP contribution in [0.1, 0.15) is 18.9 Å². The second-order valence-electron chi connectivity index (χ2n) is 7.28. The summed E-state index contributed by atoms with van der Waals surface area (Å²) in [5, 5.41) is 11.5. The highest BCUT2D eigenvalue weighted by Gasteiger charge is 2.43. The predicted molar refractivity (Wildman–Crippen MR) is 109 cm³/mol. The van der Waals surface area contributed by atoms with Gasteiger partial charge in [-0.25, -0.2) is 8.42 Å². The zero-order valence-electron chi connectivity index (χ0n) is 15.8. The smallest absolute Gasteiger partial charge is 0.270 e. The van der Waals surface area contributed by atoms with Gasteiger partial charge in [0.25, 0.3) is 11.8 Å². The summed E-state index contributed by atoms with van der Waals surface area (Å²) < 4.78 is 23.8. The van der Waals surface area contributed by atoms with Crippen LogP contribution in [0.5, 0.6) is 0 Å². The first-order valence-corrected chi connectivity index (χ1v) is 11.0. The number of nitriles is 1. The molecule has 0 saturated carbocycles. The van der Waals surface area contributed by atoms with Crippen molar-refractivity contribution in [3.63, 3.8) is 0 Å². The number of imide groups is 1. The van der Waals surface area contributed by atoms with E-state index in [-0.39, 0.29) is 29.1 Å². The number of carbonyl (C=O) groups is 2. The number of fused-ring (bicyclic) bond motifs is 1. The van der Waals surface area contributed by atoms with Gasteiger partial charge in [-0.3, -0.25) is 14.5 Å². The second kappa shape index (κ2) is 6.98. The molecule has 2 aromatic rings. The average Bonchev–Trinajstić information content (AvgIpc) is 3.05. The summed E-state index contributed by atoms with van der Waals surface area (Å²) >= 11 is 0. The molecule has 0 aliphatic carbocycles. The van der Waals surface area contributed by atoms with Crippen molar-refractivity contribution < 1.29 is 18.0 Å². The topological polar surface area (TPSA) is 95.3 Å². The van der Waals surface area contributed by atoms with E-state index in [1.165, 1.54) is 0 Å². The van der Waals surface area contributed by atoms with Crippen molar-refractivity contribution in [1.82, 2.24) is 4.90 Å². The molecule has 2 aromatic carbocycles. The first-order valence-electron chi connectivity index (χ1n) is 9.21. The zero-order valence-corrected chi connectivity index (χ0v) is 16.6. The first kappa shape index (κ1) is 19.1. The van der Waals surface area contributed by atoms with E-state index in [0.717, 1.165) is 21.2 Å². The van der Waals surface area contributed by atoms with Crippen LogP contribution in [0.3, 0.4) is 0 Å². The van der Waals surface area contributed by atoms with Crippen LogP contribution in [0.4, 0.5) is 0 Å². The molecule has 0 bridgehead atoms. The van der Waals surface area contributed by atoms with Gasteiger partial charge in [-0.15, -0.1) is 0 Å². The monoisotopic (exact) mass is 406 g/mol. The molecule has 0 N–H and O–H groups in total. The first-order chi connectivity index (χ1) is 13.8. The zero-order chi connectivity index (χ0) is 20.8. The molecule has 1 unspecified atom stereocenters. The normalized spacial score (nSPS) is 23.1. The maximum absolute atomic E-state index is 13.2. The van der Waals surface area contributed by atoms with Crippen molar-refractivity contribution in [3.8, 4) is 6.07 Å². The van der Waals surface area contributed by atoms with Gasteiger partial charge in [-0.2, -0.15) is 5.26 Å². The van der Waals surface area contributed by atoms with E-state index in [2.05, 4.69) is 0 Å². The molecule has 0 aromatic heterocycles. The molecule has 2 aliphatic rings. The summed E-state index contributed by atoms with van der Waals surface area (Å²) in [5.74, 6) is -1.60. The molecule has 7 heteroatoms. The summed E-state index contributed by atoms with van der Waals surface area (Å²) in [4.78, 5) is 27.0. The lowest BCUT2D eigenvalue weighted by Crippen LogP contribution is -2.49. The molecule has 146 valence electrons. The lowest BCUT2D eigenvalue weighted by Gasteiger charge is -2.31. The summed E-state index contributed by atoms with van der Waals surface area (Å²) in [6, 6.07) is 14.6. The highest BCUT2D eigenvalue weighted by molar-refractivity contribution is 7.91. The van der Waals surface area contributed by atoms with Crippen LogP contribution in [0.2, 0.25) is 0 Å². The molecule has 1 atom stereocenters. The third-order valence-corrected chi connectivity index (χ3v) is 7.22. The van der Waals surface area contributed by atoms with Crippen LogP contribution in [0.15, 0.2) is 59.2 Å². The molecular formula is C22H18N2O4S. The van der Waals surface area contributed by atoms with E-state index in [1.807, 2.05) is 48.5 Å². The van der Waals surface area contributed by atoms with Crippen molar-refractivity contribution in [1.29, 1.82) is 5.26 Å². The lowest BCUT2D eigenvalue weighted by molar-refractivity contribution is -0.142. The number of amides is 2. The minimum absolute atomic E-state index is 0.0678. The number of sulfone groups is 1. The molecule has 1 saturated heterocycles. The minimum atomic E-state index is -3.30. The Morgan fingerprint density at radius 3 is 2.52 bits per heavy atom. The predicted octanol–water partition coefficient (Wildman–Crippen LogP) is 2.62. The van der Waals surface area contributed by atoms with Crippen molar-refractivity contribution >= 4 is 38.5 Å². The fourth-order valence-electron chi connectivity index (χ4n) is 3.94. The van der Waals surface area contributed by atoms with Gasteiger partial charge in [-0.1, -0.05) is 42.5 Å². The van der Waals surface area contributed by atoms with Gasteiger partial charge < -0.3 is 0 Å². The Hall–Kier alpha value is -3.24. The standard InChI is InChI=1S/C22H18N2O4S/c1-14-19(11-16-7-4-6-15-5-2-3-8-18(15)16)21(25)24(22(26)20(14)12-23)17-9-10-29(27,28)13-17/h2-8,11,17H,9-10,13H2,1H3. The van der Waals surface area contributed by atoms with Crippen LogP contribution < -0.4 is 0 Å². The van der Waals surface area contributed by atoms with Gasteiger partial charge in [-0.05, 0) is 41.3 Å². The van der Waals surface area contributed by atoms with Crippen molar-refractivity contribution in [2.75, 3.05) is 11.5 Å². The number of rotatable bonds is 2. The highest BCUT2D eigenvalue weighted by atomic mass is 32.2. The number of hydrogen-bond donors (Lipinski definition) is 0. The third-order valence-electron chi connectivity index (χ3n) is 5.47. The molecule has 1 fully saturated rings. The van der Waals surface area contributed by atoms with Crippen LogP contribution >= 0.6 is 0 Å². The summed E-state index contributed by atoms with van der Waals surface area (Å²) in [7, 11) is -3.30. The maximum atomic E-state index is 13.2. The maximum Gasteiger partial charge on any atom is 0.271 e. The quantitative estimate of drug-likeness (QED) is 0.564. The molecule has 0 spiro atoms. The van der Waals surface area contributed by atoms with Gasteiger partial charge in [0.1, 0.15) is 11.6 Å². The molecule has 2 aliphatic heterocycles. The SMILES string of the molecule is CC1=C(C#N)C(=O)N(C2CCS(=O)(=O)C2)C(=O)C1=Cc1cccc2ccccc12. The largest absolute Gasteiger partial charge is 0.271 e. The van der Waals surface area contributed by atoms with Gasteiger partial charge in [0.15, 0.2) is 9.84 Å². The van der Waals surface area contributed by atoms with Crippen LogP contribution in [0.25, 0.3) is 16.8 Å². The van der Waals surface area contributed by atoms with Gasteiger partial charge in [0.2, 0.25) is 0 Å².